The summed E-state index contributed by atoms with van der Waals surface area (Å²) in [4.78, 5) is 15.6. The molecule has 0 N–H and O–H groups in total. The Morgan fingerprint density at radius 2 is 1.21 bits per heavy atom. The first kappa shape index (κ1) is 35.2. The van der Waals surface area contributed by atoms with Crippen LogP contribution in [0.4, 0.5) is 0 Å². The molecule has 0 radical (unpaired) electrons. The number of aromatic nitrogens is 3. The largest absolute Gasteiger partial charge is 0.208 e. The van der Waals surface area contributed by atoms with Crippen molar-refractivity contribution in [2.45, 2.75) is 46.5 Å². The predicted octanol–water partition coefficient (Wildman–Crippen LogP) is 13.1. The lowest BCUT2D eigenvalue weighted by Gasteiger charge is -2.31. The van der Waals surface area contributed by atoms with Crippen LogP contribution in [0, 0.1) is 0 Å². The zero-order valence-corrected chi connectivity index (χ0v) is 31.3. The van der Waals surface area contributed by atoms with Gasteiger partial charge in [0.25, 0.3) is 0 Å². The first-order chi connectivity index (χ1) is 26.1. The molecule has 1 atom stereocenters. The first-order valence-corrected chi connectivity index (χ1v) is 18.7. The summed E-state index contributed by atoms with van der Waals surface area (Å²) in [6, 6.07) is 42.9. The van der Waals surface area contributed by atoms with Gasteiger partial charge in [-0.25, -0.2) is 15.0 Å². The second kappa shape index (κ2) is 15.2. The summed E-state index contributed by atoms with van der Waals surface area (Å²) in [5.74, 6) is 1.93. The van der Waals surface area contributed by atoms with E-state index in [1.165, 1.54) is 44.5 Å². The van der Waals surface area contributed by atoms with Gasteiger partial charge in [0.15, 0.2) is 17.5 Å². The number of benzene rings is 5. The van der Waals surface area contributed by atoms with Crippen molar-refractivity contribution < 1.29 is 0 Å². The van der Waals surface area contributed by atoms with Gasteiger partial charge in [-0.05, 0) is 82.0 Å². The quantitative estimate of drug-likeness (QED) is 0.150. The fourth-order valence-corrected chi connectivity index (χ4v) is 8.10. The Balaban J connectivity index is 0.00000214. The van der Waals surface area contributed by atoms with Crippen LogP contribution in [0.15, 0.2) is 170 Å². The van der Waals surface area contributed by atoms with Crippen LogP contribution in [0.5, 0.6) is 0 Å². The van der Waals surface area contributed by atoms with Gasteiger partial charge in [-0.2, -0.15) is 0 Å². The molecule has 3 nitrogen and oxygen atoms in total. The zero-order chi connectivity index (χ0) is 37.0. The summed E-state index contributed by atoms with van der Waals surface area (Å²) < 4.78 is 0. The molecule has 260 valence electrons. The lowest BCUT2D eigenvalue weighted by Crippen LogP contribution is -2.26. The fraction of sp³-hybridized carbons (Fsp3) is 0.140. The Kier molecular flexibility index (Phi) is 10.1. The van der Waals surface area contributed by atoms with Crippen LogP contribution in [0.2, 0.25) is 0 Å². The standard InChI is InChI=1S/C48H39N3.C2H6/c1-5-18-32(19-6-2)34-23-16-24-35(31-34)46-49-45(33-21-10-9-11-22-33)50-47(51-46)39-27-17-30-43-44(39)38-26-13-15-29-42(38)48(43)40(8-4)36(20-7-3)37-25-12-14-28-41(37)48;1-2/h5,7-31H,4,6H2,1-3H3;1-2H3/b18-5-,20-7-,32-19+;. The molecule has 6 aromatic rings. The maximum Gasteiger partial charge on any atom is 0.164 e. The van der Waals surface area contributed by atoms with Crippen molar-refractivity contribution in [2.75, 3.05) is 0 Å². The van der Waals surface area contributed by atoms with Crippen molar-refractivity contribution in [3.8, 4) is 45.3 Å². The van der Waals surface area contributed by atoms with Gasteiger partial charge in [0.1, 0.15) is 0 Å². The van der Waals surface area contributed by atoms with E-state index in [0.29, 0.717) is 17.5 Å². The molecule has 0 amide bonds. The summed E-state index contributed by atoms with van der Waals surface area (Å²) in [6.07, 6.45) is 13.9. The minimum absolute atomic E-state index is 0.517. The van der Waals surface area contributed by atoms with Crippen LogP contribution >= 0.6 is 0 Å². The van der Waals surface area contributed by atoms with Gasteiger partial charge in [0.05, 0.1) is 5.41 Å². The van der Waals surface area contributed by atoms with Crippen LogP contribution in [-0.2, 0) is 5.41 Å². The third kappa shape index (κ3) is 5.83. The molecule has 1 unspecified atom stereocenters. The molecule has 5 aromatic carbocycles. The molecule has 53 heavy (non-hydrogen) atoms. The molecule has 3 heteroatoms. The van der Waals surface area contributed by atoms with E-state index in [2.05, 4.69) is 167 Å². The minimum atomic E-state index is -0.517. The molecule has 0 saturated heterocycles. The normalized spacial score (nSPS) is 15.8. The number of rotatable bonds is 8. The smallest absolute Gasteiger partial charge is 0.164 e. The van der Waals surface area contributed by atoms with Crippen molar-refractivity contribution in [1.82, 2.24) is 15.0 Å². The summed E-state index contributed by atoms with van der Waals surface area (Å²) in [7, 11) is 0. The van der Waals surface area contributed by atoms with Crippen LogP contribution in [0.1, 0.15) is 68.9 Å². The van der Waals surface area contributed by atoms with Gasteiger partial charge in [-0.15, -0.1) is 0 Å². The molecular weight excluding hydrogens is 643 g/mol. The molecular formula is C50H45N3. The molecule has 2 aliphatic carbocycles. The Hall–Kier alpha value is -6.19. The molecule has 2 aliphatic rings. The summed E-state index contributed by atoms with van der Waals surface area (Å²) >= 11 is 0. The van der Waals surface area contributed by atoms with Gasteiger partial charge in [0, 0.05) is 16.7 Å². The van der Waals surface area contributed by atoms with E-state index in [4.69, 9.17) is 15.0 Å². The highest BCUT2D eigenvalue weighted by atomic mass is 15.0. The van der Waals surface area contributed by atoms with Gasteiger partial charge >= 0.3 is 0 Å². The van der Waals surface area contributed by atoms with Gasteiger partial charge in [-0.1, -0.05) is 179 Å². The molecule has 0 saturated carbocycles. The Morgan fingerprint density at radius 1 is 0.623 bits per heavy atom. The third-order valence-corrected chi connectivity index (χ3v) is 10.1. The van der Waals surface area contributed by atoms with Gasteiger partial charge in [-0.3, -0.25) is 0 Å². The van der Waals surface area contributed by atoms with Crippen molar-refractivity contribution in [3.63, 3.8) is 0 Å². The SMILES string of the molecule is C=CC1=C(/C=C\C)c2ccccc2C12c1ccccc1-c1c(-c3nc(-c4ccccc4)nc(-c4cccc(C(/C=C\C)=C/CC)c4)n3)cccc12.CC. The highest BCUT2D eigenvalue weighted by molar-refractivity contribution is 6.01. The van der Waals surface area contributed by atoms with Crippen LogP contribution in [0.25, 0.3) is 56.4 Å². The first-order valence-electron chi connectivity index (χ1n) is 18.7. The highest BCUT2D eigenvalue weighted by Gasteiger charge is 2.52. The number of hydrogen-bond donors (Lipinski definition) is 0. The number of fused-ring (bicyclic) bond motifs is 7. The predicted molar refractivity (Wildman–Crippen MR) is 224 cm³/mol. The van der Waals surface area contributed by atoms with Crippen LogP contribution in [-0.4, -0.2) is 15.0 Å². The molecule has 1 heterocycles. The van der Waals surface area contributed by atoms with Crippen molar-refractivity contribution in [1.29, 1.82) is 0 Å². The Morgan fingerprint density at radius 3 is 1.91 bits per heavy atom. The second-order valence-corrected chi connectivity index (χ2v) is 12.9. The minimum Gasteiger partial charge on any atom is -0.208 e. The third-order valence-electron chi connectivity index (χ3n) is 10.1. The Labute approximate surface area is 314 Å². The Bertz CT molecular complexity index is 2440. The summed E-state index contributed by atoms with van der Waals surface area (Å²) in [6.45, 7) is 14.7. The molecule has 0 aliphatic heterocycles. The van der Waals surface area contributed by atoms with E-state index in [0.717, 1.165) is 34.2 Å². The number of nitrogens with zero attached hydrogens (tertiary/aromatic N) is 3. The van der Waals surface area contributed by atoms with Crippen molar-refractivity contribution in [3.05, 3.63) is 198 Å². The van der Waals surface area contributed by atoms with E-state index in [9.17, 15) is 0 Å². The maximum atomic E-state index is 5.28. The van der Waals surface area contributed by atoms with E-state index in [-0.39, 0.29) is 0 Å². The number of hydrogen-bond acceptors (Lipinski definition) is 3. The second-order valence-electron chi connectivity index (χ2n) is 12.9. The van der Waals surface area contributed by atoms with Gasteiger partial charge in [0.2, 0.25) is 0 Å². The van der Waals surface area contributed by atoms with Gasteiger partial charge < -0.3 is 0 Å². The molecule has 0 bridgehead atoms. The van der Waals surface area contributed by atoms with E-state index in [1.807, 2.05) is 32.0 Å². The summed E-state index contributed by atoms with van der Waals surface area (Å²) in [5.41, 5.74) is 14.4. The zero-order valence-electron chi connectivity index (χ0n) is 31.3. The average molecular weight is 688 g/mol. The van der Waals surface area contributed by atoms with Crippen molar-refractivity contribution >= 4 is 11.1 Å². The highest BCUT2D eigenvalue weighted by Crippen LogP contribution is 2.63. The topological polar surface area (TPSA) is 38.7 Å². The van der Waals surface area contributed by atoms with E-state index >= 15 is 0 Å². The number of allylic oxidation sites excluding steroid dienone is 9. The fourth-order valence-electron chi connectivity index (χ4n) is 8.10. The molecule has 1 spiro atoms. The summed E-state index contributed by atoms with van der Waals surface area (Å²) in [5, 5.41) is 0. The van der Waals surface area contributed by atoms with Crippen LogP contribution < -0.4 is 0 Å². The maximum absolute atomic E-state index is 5.28. The molecule has 8 rings (SSSR count). The lowest BCUT2D eigenvalue weighted by atomic mass is 9.69. The van der Waals surface area contributed by atoms with E-state index < -0.39 is 5.41 Å². The molecule has 0 fully saturated rings. The monoisotopic (exact) mass is 687 g/mol. The average Bonchev–Trinajstić information content (AvgIpc) is 3.68. The van der Waals surface area contributed by atoms with Crippen molar-refractivity contribution in [2.24, 2.45) is 0 Å². The van der Waals surface area contributed by atoms with Crippen LogP contribution in [0.3, 0.4) is 0 Å². The lowest BCUT2D eigenvalue weighted by molar-refractivity contribution is 0.787. The molecule has 1 aromatic heterocycles. The van der Waals surface area contributed by atoms with E-state index in [1.54, 1.807) is 0 Å².